The Kier molecular flexibility index (Phi) is 5.31. The van der Waals surface area contributed by atoms with Gasteiger partial charge >= 0.3 is 0 Å². The van der Waals surface area contributed by atoms with Crippen molar-refractivity contribution >= 4 is 23.1 Å². The molecule has 0 amide bonds. The lowest BCUT2D eigenvalue weighted by atomic mass is 10.1. The van der Waals surface area contributed by atoms with Crippen LogP contribution in [0.5, 0.6) is 0 Å². The molecule has 0 aliphatic rings. The van der Waals surface area contributed by atoms with Gasteiger partial charge in [-0.25, -0.2) is 4.98 Å². The lowest BCUT2D eigenvalue weighted by molar-refractivity contribution is 0.686. The number of rotatable bonds is 6. The zero-order chi connectivity index (χ0) is 18.6. The molecule has 0 saturated heterocycles. The Morgan fingerprint density at radius 3 is 2.81 bits per heavy atom. The van der Waals surface area contributed by atoms with Crippen molar-refractivity contribution in [3.8, 4) is 22.1 Å². The van der Waals surface area contributed by atoms with E-state index in [1.54, 1.807) is 29.3 Å². The minimum absolute atomic E-state index is 0.767. The summed E-state index contributed by atoms with van der Waals surface area (Å²) in [4.78, 5) is 9.17. The molecule has 0 saturated carbocycles. The summed E-state index contributed by atoms with van der Waals surface area (Å²) in [5.74, 6) is 1.57. The Balaban J connectivity index is 1.51. The summed E-state index contributed by atoms with van der Waals surface area (Å²) < 4.78 is 2.10. The average molecular weight is 394 g/mol. The summed E-state index contributed by atoms with van der Waals surface area (Å²) in [6.45, 7) is 5.00. The van der Waals surface area contributed by atoms with E-state index in [-0.39, 0.29) is 0 Å². The van der Waals surface area contributed by atoms with Gasteiger partial charge in [-0.3, -0.25) is 4.98 Å². The van der Waals surface area contributed by atoms with Crippen LogP contribution >= 0.6 is 23.1 Å². The lowest BCUT2D eigenvalue weighted by Crippen LogP contribution is -2.00. The van der Waals surface area contributed by atoms with Gasteiger partial charge in [0.05, 0.1) is 5.69 Å². The molecule has 1 aromatic carbocycles. The monoisotopic (exact) mass is 393 g/mol. The number of aryl methyl sites for hydroxylation is 1. The van der Waals surface area contributed by atoms with Crippen LogP contribution in [0.15, 0.2) is 59.2 Å². The number of thiazole rings is 1. The third kappa shape index (κ3) is 3.94. The number of hydrogen-bond acceptors (Lipinski definition) is 6. The molecule has 0 bridgehead atoms. The molecule has 3 aromatic heterocycles. The van der Waals surface area contributed by atoms with Crippen LogP contribution < -0.4 is 0 Å². The predicted molar refractivity (Wildman–Crippen MR) is 111 cm³/mol. The van der Waals surface area contributed by atoms with E-state index in [1.165, 1.54) is 11.1 Å². The molecule has 136 valence electrons. The van der Waals surface area contributed by atoms with Crippen LogP contribution in [-0.2, 0) is 12.3 Å². The smallest absolute Gasteiger partial charge is 0.191 e. The number of thioether (sulfide) groups is 1. The maximum absolute atomic E-state index is 4.79. The quantitative estimate of drug-likeness (QED) is 0.427. The van der Waals surface area contributed by atoms with Gasteiger partial charge in [0.25, 0.3) is 0 Å². The van der Waals surface area contributed by atoms with Crippen LogP contribution in [0.1, 0.15) is 18.2 Å². The molecular weight excluding hydrogens is 374 g/mol. The van der Waals surface area contributed by atoms with Crippen molar-refractivity contribution in [1.82, 2.24) is 24.7 Å². The zero-order valence-corrected chi connectivity index (χ0v) is 16.8. The summed E-state index contributed by atoms with van der Waals surface area (Å²) in [6, 6.07) is 14.3. The van der Waals surface area contributed by atoms with E-state index in [9.17, 15) is 0 Å². The fourth-order valence-electron chi connectivity index (χ4n) is 2.79. The highest BCUT2D eigenvalue weighted by Gasteiger charge is 2.14. The fraction of sp³-hybridized carbons (Fsp3) is 0.200. The van der Waals surface area contributed by atoms with E-state index in [4.69, 9.17) is 4.98 Å². The van der Waals surface area contributed by atoms with Crippen LogP contribution in [0.2, 0.25) is 0 Å². The maximum atomic E-state index is 4.79. The molecule has 0 radical (unpaired) electrons. The molecule has 0 spiro atoms. The van der Waals surface area contributed by atoms with Crippen molar-refractivity contribution in [3.63, 3.8) is 0 Å². The van der Waals surface area contributed by atoms with Crippen molar-refractivity contribution in [2.75, 3.05) is 0 Å². The largest absolute Gasteiger partial charge is 0.301 e. The van der Waals surface area contributed by atoms with Gasteiger partial charge in [-0.1, -0.05) is 41.6 Å². The Morgan fingerprint density at radius 2 is 2.04 bits per heavy atom. The second kappa shape index (κ2) is 8.02. The number of pyridine rings is 1. The van der Waals surface area contributed by atoms with Gasteiger partial charge in [0, 0.05) is 29.4 Å². The van der Waals surface area contributed by atoms with Gasteiger partial charge in [0.15, 0.2) is 11.0 Å². The van der Waals surface area contributed by atoms with E-state index < -0.39 is 0 Å². The minimum Gasteiger partial charge on any atom is -0.301 e. The zero-order valence-electron chi connectivity index (χ0n) is 15.2. The molecule has 0 atom stereocenters. The van der Waals surface area contributed by atoms with Crippen molar-refractivity contribution < 1.29 is 0 Å². The number of aromatic nitrogens is 5. The number of nitrogens with zero attached hydrogens (tertiary/aromatic N) is 5. The molecule has 0 aliphatic heterocycles. The molecule has 0 aliphatic carbocycles. The van der Waals surface area contributed by atoms with Gasteiger partial charge in [-0.05, 0) is 32.0 Å². The third-order valence-electron chi connectivity index (χ3n) is 4.09. The summed E-state index contributed by atoms with van der Waals surface area (Å²) >= 11 is 3.34. The first-order chi connectivity index (χ1) is 13.2. The first-order valence-electron chi connectivity index (χ1n) is 8.73. The first-order valence-corrected chi connectivity index (χ1v) is 10.6. The molecule has 0 unspecified atom stereocenters. The van der Waals surface area contributed by atoms with E-state index in [0.717, 1.165) is 39.7 Å². The number of hydrogen-bond donors (Lipinski definition) is 0. The Hall–Kier alpha value is -2.51. The predicted octanol–water partition coefficient (Wildman–Crippen LogP) is 5.08. The molecule has 4 rings (SSSR count). The highest BCUT2D eigenvalue weighted by Crippen LogP contribution is 2.29. The molecular formula is C20H19N5S2. The van der Waals surface area contributed by atoms with Crippen LogP contribution in [0.4, 0.5) is 0 Å². The SMILES string of the molecule is CCn1c(SCc2csc(-c3cccc(C)c3)n2)nnc1-c1ccccn1. The Bertz CT molecular complexity index is 1040. The van der Waals surface area contributed by atoms with E-state index in [2.05, 4.69) is 63.2 Å². The van der Waals surface area contributed by atoms with Crippen molar-refractivity contribution in [3.05, 3.63) is 65.3 Å². The molecule has 3 heterocycles. The standard InChI is InChI=1S/C20H19N5S2/c1-3-25-18(17-9-4-5-10-21-17)23-24-20(25)27-13-16-12-26-19(22-16)15-8-6-7-14(2)11-15/h4-12H,3,13H2,1-2H3. The third-order valence-corrected chi connectivity index (χ3v) is 6.03. The van der Waals surface area contributed by atoms with Crippen LogP contribution in [0, 0.1) is 6.92 Å². The van der Waals surface area contributed by atoms with Crippen LogP contribution in [0.3, 0.4) is 0 Å². The Morgan fingerprint density at radius 1 is 1.11 bits per heavy atom. The van der Waals surface area contributed by atoms with Crippen LogP contribution in [-0.4, -0.2) is 24.7 Å². The summed E-state index contributed by atoms with van der Waals surface area (Å²) in [5.41, 5.74) is 4.32. The fourth-order valence-corrected chi connectivity index (χ4v) is 4.60. The number of benzene rings is 1. The Labute approximate surface area is 166 Å². The van der Waals surface area contributed by atoms with E-state index in [0.29, 0.717) is 0 Å². The molecule has 0 N–H and O–H groups in total. The topological polar surface area (TPSA) is 56.5 Å². The van der Waals surface area contributed by atoms with Crippen LogP contribution in [0.25, 0.3) is 22.1 Å². The van der Waals surface area contributed by atoms with Gasteiger partial charge in [-0.2, -0.15) is 0 Å². The summed E-state index contributed by atoms with van der Waals surface area (Å²) in [5, 5.41) is 12.8. The first kappa shape index (κ1) is 17.9. The highest BCUT2D eigenvalue weighted by molar-refractivity contribution is 7.98. The van der Waals surface area contributed by atoms with E-state index >= 15 is 0 Å². The molecule has 0 fully saturated rings. The summed E-state index contributed by atoms with van der Waals surface area (Å²) in [6.07, 6.45) is 1.78. The van der Waals surface area contributed by atoms with Gasteiger partial charge in [0.2, 0.25) is 0 Å². The minimum atomic E-state index is 0.767. The van der Waals surface area contributed by atoms with Crippen molar-refractivity contribution in [2.45, 2.75) is 31.3 Å². The highest BCUT2D eigenvalue weighted by atomic mass is 32.2. The molecule has 4 aromatic rings. The molecule has 7 heteroatoms. The second-order valence-electron chi connectivity index (χ2n) is 6.07. The van der Waals surface area contributed by atoms with Gasteiger partial charge in [0.1, 0.15) is 10.7 Å². The van der Waals surface area contributed by atoms with Crippen molar-refractivity contribution in [2.24, 2.45) is 0 Å². The van der Waals surface area contributed by atoms with Crippen molar-refractivity contribution in [1.29, 1.82) is 0 Å². The molecule has 27 heavy (non-hydrogen) atoms. The second-order valence-corrected chi connectivity index (χ2v) is 7.87. The van der Waals surface area contributed by atoms with Gasteiger partial charge < -0.3 is 4.57 Å². The summed E-state index contributed by atoms with van der Waals surface area (Å²) in [7, 11) is 0. The average Bonchev–Trinajstić information content (AvgIpc) is 3.34. The molecule has 5 nitrogen and oxygen atoms in total. The lowest BCUT2D eigenvalue weighted by Gasteiger charge is -2.06. The van der Waals surface area contributed by atoms with E-state index in [1.807, 2.05) is 18.2 Å². The maximum Gasteiger partial charge on any atom is 0.191 e. The normalized spacial score (nSPS) is 11.0. The van der Waals surface area contributed by atoms with Gasteiger partial charge in [-0.15, -0.1) is 21.5 Å².